The Hall–Kier alpha value is -5.14. The number of fused-ring (bicyclic) bond motifs is 2. The highest BCUT2D eigenvalue weighted by atomic mass is 16.5. The van der Waals surface area contributed by atoms with Gasteiger partial charge in [-0.2, -0.15) is 0 Å². The Labute approximate surface area is 247 Å². The Morgan fingerprint density at radius 2 is 1.38 bits per heavy atom. The van der Waals surface area contributed by atoms with Gasteiger partial charge in [-0.3, -0.25) is 0 Å². The van der Waals surface area contributed by atoms with Crippen molar-refractivity contribution in [1.29, 1.82) is 0 Å². The highest BCUT2D eigenvalue weighted by Crippen LogP contribution is 2.39. The minimum absolute atomic E-state index is 0.235. The summed E-state index contributed by atoms with van der Waals surface area (Å²) in [6.45, 7) is 2.32. The molecule has 0 heterocycles. The van der Waals surface area contributed by atoms with E-state index in [0.29, 0.717) is 0 Å². The zero-order valence-electron chi connectivity index (χ0n) is 23.7. The summed E-state index contributed by atoms with van der Waals surface area (Å²) in [6.07, 6.45) is 9.67. The first-order chi connectivity index (χ1) is 20.7. The lowest BCUT2D eigenvalue weighted by molar-refractivity contribution is 0.488. The molecule has 0 radical (unpaired) electrons. The first kappa shape index (κ1) is 25.8. The Bertz CT molecular complexity index is 1980. The van der Waals surface area contributed by atoms with Gasteiger partial charge in [0.1, 0.15) is 11.5 Å². The van der Waals surface area contributed by atoms with Crippen molar-refractivity contribution in [3.63, 3.8) is 0 Å². The molecule has 0 aromatic heterocycles. The smallest absolute Gasteiger partial charge is 0.135 e. The van der Waals surface area contributed by atoms with E-state index in [1.54, 1.807) is 0 Å². The maximum atomic E-state index is 6.39. The summed E-state index contributed by atoms with van der Waals surface area (Å²) >= 11 is 0. The van der Waals surface area contributed by atoms with Crippen LogP contribution in [0.5, 0.6) is 11.5 Å². The summed E-state index contributed by atoms with van der Waals surface area (Å²) in [4.78, 5) is 0. The molecule has 7 rings (SSSR count). The van der Waals surface area contributed by atoms with Crippen LogP contribution in [-0.2, 0) is 0 Å². The molecule has 6 aromatic carbocycles. The van der Waals surface area contributed by atoms with Crippen molar-refractivity contribution in [3.8, 4) is 11.5 Å². The van der Waals surface area contributed by atoms with Crippen LogP contribution in [0.4, 0.5) is 0 Å². The SMILES string of the molecule is CC(c1ccc2ccccc2c1)c1ccccc1/C(=C1/C=CC=CC1)c1ccc(Oc2cccc3ccccc23)cc1. The predicted octanol–water partition coefficient (Wildman–Crippen LogP) is 11.3. The lowest BCUT2D eigenvalue weighted by Crippen LogP contribution is -2.04. The van der Waals surface area contributed by atoms with Gasteiger partial charge in [0.15, 0.2) is 0 Å². The van der Waals surface area contributed by atoms with Crippen molar-refractivity contribution in [3.05, 3.63) is 186 Å². The van der Waals surface area contributed by atoms with Crippen molar-refractivity contribution in [1.82, 2.24) is 0 Å². The van der Waals surface area contributed by atoms with Crippen molar-refractivity contribution in [2.75, 3.05) is 0 Å². The molecule has 0 saturated carbocycles. The Kier molecular flexibility index (Phi) is 7.00. The topological polar surface area (TPSA) is 9.23 Å². The average molecular weight is 541 g/mol. The number of hydrogen-bond donors (Lipinski definition) is 0. The van der Waals surface area contributed by atoms with Crippen LogP contribution in [0.3, 0.4) is 0 Å². The van der Waals surface area contributed by atoms with Crippen LogP contribution in [-0.4, -0.2) is 0 Å². The van der Waals surface area contributed by atoms with Crippen LogP contribution in [0.15, 0.2) is 163 Å². The monoisotopic (exact) mass is 540 g/mol. The van der Waals surface area contributed by atoms with E-state index in [1.807, 2.05) is 12.1 Å². The summed E-state index contributed by atoms with van der Waals surface area (Å²) in [5.74, 6) is 1.93. The fourth-order valence-electron chi connectivity index (χ4n) is 6.07. The maximum absolute atomic E-state index is 6.39. The van der Waals surface area contributed by atoms with Crippen LogP contribution >= 0.6 is 0 Å². The number of hydrogen-bond acceptors (Lipinski definition) is 1. The first-order valence-electron chi connectivity index (χ1n) is 14.6. The lowest BCUT2D eigenvalue weighted by atomic mass is 9.82. The van der Waals surface area contributed by atoms with E-state index in [0.717, 1.165) is 23.3 Å². The molecule has 1 aliphatic carbocycles. The molecule has 42 heavy (non-hydrogen) atoms. The van der Waals surface area contributed by atoms with E-state index < -0.39 is 0 Å². The van der Waals surface area contributed by atoms with Gasteiger partial charge in [0, 0.05) is 11.3 Å². The Balaban J connectivity index is 1.28. The molecule has 1 aliphatic rings. The van der Waals surface area contributed by atoms with E-state index in [1.165, 1.54) is 49.6 Å². The molecule has 0 bridgehead atoms. The fraction of sp³-hybridized carbons (Fsp3) is 0.0732. The molecule has 6 aromatic rings. The summed E-state index contributed by atoms with van der Waals surface area (Å²) in [5, 5.41) is 4.84. The first-order valence-corrected chi connectivity index (χ1v) is 14.6. The Morgan fingerprint density at radius 1 is 0.643 bits per heavy atom. The maximum Gasteiger partial charge on any atom is 0.135 e. The third-order valence-electron chi connectivity index (χ3n) is 8.29. The average Bonchev–Trinajstić information content (AvgIpc) is 3.06. The zero-order chi connectivity index (χ0) is 28.3. The summed E-state index contributed by atoms with van der Waals surface area (Å²) in [5.41, 5.74) is 7.70. The van der Waals surface area contributed by atoms with E-state index in [-0.39, 0.29) is 5.92 Å². The number of ether oxygens (including phenoxy) is 1. The van der Waals surface area contributed by atoms with Crippen molar-refractivity contribution < 1.29 is 4.74 Å². The highest BCUT2D eigenvalue weighted by molar-refractivity contribution is 5.89. The fourth-order valence-corrected chi connectivity index (χ4v) is 6.07. The quantitative estimate of drug-likeness (QED) is 0.204. The van der Waals surface area contributed by atoms with Crippen LogP contribution < -0.4 is 4.74 Å². The molecular weight excluding hydrogens is 508 g/mol. The molecule has 0 spiro atoms. The van der Waals surface area contributed by atoms with Crippen molar-refractivity contribution in [2.45, 2.75) is 19.3 Å². The molecule has 1 heteroatoms. The predicted molar refractivity (Wildman–Crippen MR) is 177 cm³/mol. The van der Waals surface area contributed by atoms with Gasteiger partial charge in [0.25, 0.3) is 0 Å². The van der Waals surface area contributed by atoms with Gasteiger partial charge in [-0.1, -0.05) is 146 Å². The molecule has 1 unspecified atom stereocenters. The van der Waals surface area contributed by atoms with E-state index in [2.05, 4.69) is 153 Å². The van der Waals surface area contributed by atoms with Gasteiger partial charge >= 0.3 is 0 Å². The molecular formula is C41H32O. The third-order valence-corrected chi connectivity index (χ3v) is 8.29. The lowest BCUT2D eigenvalue weighted by Gasteiger charge is -2.22. The number of rotatable bonds is 6. The minimum Gasteiger partial charge on any atom is -0.457 e. The third kappa shape index (κ3) is 5.06. The minimum atomic E-state index is 0.235. The van der Waals surface area contributed by atoms with E-state index in [9.17, 15) is 0 Å². The molecule has 0 amide bonds. The number of benzene rings is 6. The molecule has 0 aliphatic heterocycles. The molecule has 1 nitrogen and oxygen atoms in total. The second kappa shape index (κ2) is 11.4. The molecule has 0 N–H and O–H groups in total. The second-order valence-electron chi connectivity index (χ2n) is 10.9. The van der Waals surface area contributed by atoms with Crippen LogP contribution in [0.2, 0.25) is 0 Å². The van der Waals surface area contributed by atoms with Crippen molar-refractivity contribution in [2.24, 2.45) is 0 Å². The zero-order valence-corrected chi connectivity index (χ0v) is 23.7. The largest absolute Gasteiger partial charge is 0.457 e. The highest BCUT2D eigenvalue weighted by Gasteiger charge is 2.19. The van der Waals surface area contributed by atoms with Gasteiger partial charge in [-0.25, -0.2) is 0 Å². The van der Waals surface area contributed by atoms with Crippen LogP contribution in [0.25, 0.3) is 27.1 Å². The number of allylic oxidation sites excluding steroid dienone is 5. The van der Waals surface area contributed by atoms with Gasteiger partial charge in [0.2, 0.25) is 0 Å². The summed E-state index contributed by atoms with van der Waals surface area (Å²) in [6, 6.07) is 47.5. The summed E-state index contributed by atoms with van der Waals surface area (Å²) in [7, 11) is 0. The molecule has 0 saturated heterocycles. The normalized spacial score (nSPS) is 14.7. The van der Waals surface area contributed by atoms with Gasteiger partial charge < -0.3 is 4.74 Å². The van der Waals surface area contributed by atoms with E-state index >= 15 is 0 Å². The van der Waals surface area contributed by atoms with Gasteiger partial charge in [-0.05, 0) is 74.2 Å². The molecule has 1 atom stereocenters. The van der Waals surface area contributed by atoms with Gasteiger partial charge in [0.05, 0.1) is 0 Å². The van der Waals surface area contributed by atoms with Crippen LogP contribution in [0, 0.1) is 0 Å². The summed E-state index contributed by atoms with van der Waals surface area (Å²) < 4.78 is 6.39. The van der Waals surface area contributed by atoms with Crippen molar-refractivity contribution >= 4 is 27.1 Å². The standard InChI is InChI=1S/C41H32O/c1-29(34-23-22-30-12-5-6-16-35(30)28-34)37-18-9-10-20-39(37)41(32-14-3-2-4-15-32)33-24-26-36(27-25-33)42-40-21-11-17-31-13-7-8-19-38(31)40/h2-14,16-29H,15H2,1H3/b41-32-. The second-order valence-corrected chi connectivity index (χ2v) is 10.9. The van der Waals surface area contributed by atoms with E-state index in [4.69, 9.17) is 4.74 Å². The van der Waals surface area contributed by atoms with Gasteiger partial charge in [-0.15, -0.1) is 0 Å². The molecule has 0 fully saturated rings. The Morgan fingerprint density at radius 3 is 2.21 bits per heavy atom. The van der Waals surface area contributed by atoms with Crippen LogP contribution in [0.1, 0.15) is 41.5 Å². The molecule has 202 valence electrons.